The maximum Gasteiger partial charge on any atom is 0.303 e. The Bertz CT molecular complexity index is 784. The summed E-state index contributed by atoms with van der Waals surface area (Å²) in [5.41, 5.74) is 2.00. The van der Waals surface area contributed by atoms with E-state index in [1.165, 1.54) is 7.11 Å². The fourth-order valence-electron chi connectivity index (χ4n) is 2.39. The molecule has 0 fully saturated rings. The highest BCUT2D eigenvalue weighted by Gasteiger charge is 2.12. The van der Waals surface area contributed by atoms with Gasteiger partial charge in [-0.15, -0.1) is 0 Å². The van der Waals surface area contributed by atoms with Crippen LogP contribution in [0.4, 0.5) is 5.69 Å². The molecule has 1 amide bonds. The molecular formula is C21H25NO5. The largest absolute Gasteiger partial charge is 0.493 e. The smallest absolute Gasteiger partial charge is 0.303 e. The molecule has 0 radical (unpaired) electrons. The van der Waals surface area contributed by atoms with Gasteiger partial charge in [-0.05, 0) is 48.2 Å². The van der Waals surface area contributed by atoms with E-state index < -0.39 is 5.97 Å². The molecule has 0 aliphatic rings. The molecule has 2 N–H and O–H groups in total. The van der Waals surface area contributed by atoms with Crippen LogP contribution in [0.1, 0.15) is 36.2 Å². The second kappa shape index (κ2) is 9.62. The van der Waals surface area contributed by atoms with Crippen LogP contribution in [0.15, 0.2) is 42.5 Å². The van der Waals surface area contributed by atoms with Crippen LogP contribution in [0.3, 0.4) is 0 Å². The molecule has 0 aliphatic heterocycles. The maximum atomic E-state index is 12.5. The van der Waals surface area contributed by atoms with Crippen molar-refractivity contribution in [1.29, 1.82) is 0 Å². The summed E-state index contributed by atoms with van der Waals surface area (Å²) in [5.74, 6) is 0.401. The number of carboxylic acid groups (broad SMARTS) is 1. The Morgan fingerprint density at radius 1 is 1.07 bits per heavy atom. The minimum absolute atomic E-state index is 0.0801. The van der Waals surface area contributed by atoms with E-state index >= 15 is 0 Å². The molecule has 0 saturated carbocycles. The minimum atomic E-state index is -0.831. The van der Waals surface area contributed by atoms with Crippen molar-refractivity contribution in [1.82, 2.24) is 0 Å². The topological polar surface area (TPSA) is 84.9 Å². The molecule has 27 heavy (non-hydrogen) atoms. The van der Waals surface area contributed by atoms with E-state index in [-0.39, 0.29) is 12.3 Å². The first-order valence-corrected chi connectivity index (χ1v) is 8.82. The van der Waals surface area contributed by atoms with Gasteiger partial charge in [-0.2, -0.15) is 0 Å². The first-order chi connectivity index (χ1) is 12.9. The van der Waals surface area contributed by atoms with Gasteiger partial charge in [-0.25, -0.2) is 0 Å². The van der Waals surface area contributed by atoms with E-state index in [1.54, 1.807) is 30.3 Å². The fourth-order valence-corrected chi connectivity index (χ4v) is 2.39. The van der Waals surface area contributed by atoms with Crippen LogP contribution in [0.2, 0.25) is 0 Å². The SMILES string of the molecule is COc1cc(C(=O)Nc2ccc(CCC(=O)O)cc2)ccc1OCC(C)C. The van der Waals surface area contributed by atoms with Crippen molar-refractivity contribution in [3.8, 4) is 11.5 Å². The molecule has 0 heterocycles. The van der Waals surface area contributed by atoms with Crippen LogP contribution in [-0.2, 0) is 11.2 Å². The summed E-state index contributed by atoms with van der Waals surface area (Å²) in [4.78, 5) is 23.1. The molecule has 6 heteroatoms. The molecule has 0 saturated heterocycles. The van der Waals surface area contributed by atoms with Crippen molar-refractivity contribution >= 4 is 17.6 Å². The summed E-state index contributed by atoms with van der Waals surface area (Å²) in [7, 11) is 1.54. The first kappa shape index (κ1) is 20.3. The quantitative estimate of drug-likeness (QED) is 0.696. The van der Waals surface area contributed by atoms with Gasteiger partial charge in [-0.3, -0.25) is 9.59 Å². The van der Waals surface area contributed by atoms with Crippen LogP contribution in [-0.4, -0.2) is 30.7 Å². The minimum Gasteiger partial charge on any atom is -0.493 e. The summed E-state index contributed by atoms with van der Waals surface area (Å²) in [6, 6.07) is 12.2. The Labute approximate surface area is 159 Å². The van der Waals surface area contributed by atoms with Crippen LogP contribution in [0, 0.1) is 5.92 Å². The van der Waals surface area contributed by atoms with Gasteiger partial charge in [0.2, 0.25) is 0 Å². The van der Waals surface area contributed by atoms with Crippen molar-refractivity contribution in [2.24, 2.45) is 5.92 Å². The molecular weight excluding hydrogens is 346 g/mol. The number of amides is 1. The summed E-state index contributed by atoms with van der Waals surface area (Å²) in [6.45, 7) is 4.68. The number of nitrogens with one attached hydrogen (secondary N) is 1. The average Bonchev–Trinajstić information content (AvgIpc) is 2.65. The van der Waals surface area contributed by atoms with Crippen molar-refractivity contribution < 1.29 is 24.2 Å². The van der Waals surface area contributed by atoms with Crippen LogP contribution < -0.4 is 14.8 Å². The first-order valence-electron chi connectivity index (χ1n) is 8.82. The summed E-state index contributed by atoms with van der Waals surface area (Å²) in [5, 5.41) is 11.5. The van der Waals surface area contributed by atoms with Crippen molar-refractivity contribution in [3.63, 3.8) is 0 Å². The Hall–Kier alpha value is -3.02. The summed E-state index contributed by atoms with van der Waals surface area (Å²) >= 11 is 0. The third-order valence-corrected chi connectivity index (χ3v) is 3.84. The lowest BCUT2D eigenvalue weighted by atomic mass is 10.1. The lowest BCUT2D eigenvalue weighted by Crippen LogP contribution is -2.12. The number of hydrogen-bond donors (Lipinski definition) is 2. The lowest BCUT2D eigenvalue weighted by Gasteiger charge is -2.13. The predicted molar refractivity (Wildman–Crippen MR) is 104 cm³/mol. The van der Waals surface area contributed by atoms with E-state index in [0.717, 1.165) is 5.56 Å². The van der Waals surface area contributed by atoms with E-state index in [9.17, 15) is 9.59 Å². The number of benzene rings is 2. The van der Waals surface area contributed by atoms with Gasteiger partial charge in [0.05, 0.1) is 13.7 Å². The monoisotopic (exact) mass is 371 g/mol. The second-order valence-corrected chi connectivity index (χ2v) is 6.62. The van der Waals surface area contributed by atoms with Gasteiger partial charge in [-0.1, -0.05) is 26.0 Å². The van der Waals surface area contributed by atoms with Gasteiger partial charge in [0.15, 0.2) is 11.5 Å². The summed E-state index contributed by atoms with van der Waals surface area (Å²) < 4.78 is 11.0. The van der Waals surface area contributed by atoms with Crippen LogP contribution >= 0.6 is 0 Å². The average molecular weight is 371 g/mol. The highest BCUT2D eigenvalue weighted by Crippen LogP contribution is 2.29. The maximum absolute atomic E-state index is 12.5. The van der Waals surface area contributed by atoms with Crippen molar-refractivity contribution in [3.05, 3.63) is 53.6 Å². The van der Waals surface area contributed by atoms with E-state index in [2.05, 4.69) is 19.2 Å². The number of hydrogen-bond acceptors (Lipinski definition) is 4. The number of aryl methyl sites for hydroxylation is 1. The van der Waals surface area contributed by atoms with E-state index in [0.29, 0.717) is 41.7 Å². The standard InChI is InChI=1S/C21H25NO5/c1-14(2)13-27-18-10-7-16(12-19(18)26-3)21(25)22-17-8-4-15(5-9-17)6-11-20(23)24/h4-5,7-10,12,14H,6,11,13H2,1-3H3,(H,22,25)(H,23,24). The van der Waals surface area contributed by atoms with Crippen molar-refractivity contribution in [2.75, 3.05) is 19.0 Å². The molecule has 6 nitrogen and oxygen atoms in total. The molecule has 2 aromatic carbocycles. The molecule has 0 atom stereocenters. The number of methoxy groups -OCH3 is 1. The molecule has 2 aromatic rings. The molecule has 0 spiro atoms. The van der Waals surface area contributed by atoms with E-state index in [4.69, 9.17) is 14.6 Å². The Kier molecular flexibility index (Phi) is 7.23. The zero-order chi connectivity index (χ0) is 19.8. The molecule has 144 valence electrons. The zero-order valence-electron chi connectivity index (χ0n) is 15.8. The Morgan fingerprint density at radius 3 is 2.37 bits per heavy atom. The third-order valence-electron chi connectivity index (χ3n) is 3.84. The van der Waals surface area contributed by atoms with Gasteiger partial charge in [0, 0.05) is 17.7 Å². The number of carbonyl (C=O) groups is 2. The highest BCUT2D eigenvalue weighted by molar-refractivity contribution is 6.04. The number of carbonyl (C=O) groups excluding carboxylic acids is 1. The predicted octanol–water partition coefficient (Wildman–Crippen LogP) is 4.00. The molecule has 0 unspecified atom stereocenters. The number of rotatable bonds is 9. The van der Waals surface area contributed by atoms with Gasteiger partial charge < -0.3 is 19.9 Å². The number of aliphatic carboxylic acids is 1. The number of anilines is 1. The van der Waals surface area contributed by atoms with Crippen LogP contribution in [0.5, 0.6) is 11.5 Å². The number of carboxylic acids is 1. The fraction of sp³-hybridized carbons (Fsp3) is 0.333. The van der Waals surface area contributed by atoms with Gasteiger partial charge in [0.1, 0.15) is 0 Å². The normalized spacial score (nSPS) is 10.5. The van der Waals surface area contributed by atoms with Gasteiger partial charge in [0.25, 0.3) is 5.91 Å². The third kappa shape index (κ3) is 6.33. The zero-order valence-corrected chi connectivity index (χ0v) is 15.8. The molecule has 0 aromatic heterocycles. The van der Waals surface area contributed by atoms with Gasteiger partial charge >= 0.3 is 5.97 Å². The van der Waals surface area contributed by atoms with Crippen molar-refractivity contribution in [2.45, 2.75) is 26.7 Å². The molecule has 0 bridgehead atoms. The molecule has 0 aliphatic carbocycles. The lowest BCUT2D eigenvalue weighted by molar-refractivity contribution is -0.136. The Balaban J connectivity index is 2.03. The van der Waals surface area contributed by atoms with Crippen LogP contribution in [0.25, 0.3) is 0 Å². The molecule has 2 rings (SSSR count). The highest BCUT2D eigenvalue weighted by atomic mass is 16.5. The Morgan fingerprint density at radius 2 is 1.78 bits per heavy atom. The van der Waals surface area contributed by atoms with E-state index in [1.807, 2.05) is 12.1 Å². The number of ether oxygens (including phenoxy) is 2. The second-order valence-electron chi connectivity index (χ2n) is 6.62. The summed E-state index contributed by atoms with van der Waals surface area (Å²) in [6.07, 6.45) is 0.537.